The third kappa shape index (κ3) is 2.88. The fourth-order valence-electron chi connectivity index (χ4n) is 1.39. The molecule has 80 valence electrons. The van der Waals surface area contributed by atoms with Crippen molar-refractivity contribution in [2.45, 2.75) is 0 Å². The van der Waals surface area contributed by atoms with Gasteiger partial charge in [-0.25, -0.2) is 0 Å². The second-order valence-electron chi connectivity index (χ2n) is 3.48. The zero-order valence-electron chi connectivity index (χ0n) is 8.60. The molecular weight excluding hydrogens is 220 g/mol. The maximum atomic E-state index is 9.14. The molecule has 1 nitrogen and oxygen atoms in total. The van der Waals surface area contributed by atoms with E-state index in [2.05, 4.69) is 0 Å². The van der Waals surface area contributed by atoms with E-state index in [0.29, 0.717) is 0 Å². The normalized spacial score (nSPS) is 10.8. The van der Waals surface area contributed by atoms with Crippen LogP contribution in [0.15, 0.2) is 48.5 Å². The van der Waals surface area contributed by atoms with E-state index in [1.165, 1.54) is 0 Å². The molecule has 0 amide bonds. The molecule has 0 fully saturated rings. The Balaban J connectivity index is 2.18. The third-order valence-corrected chi connectivity index (χ3v) is 2.45. The summed E-state index contributed by atoms with van der Waals surface area (Å²) in [5, 5.41) is 9.87. The van der Waals surface area contributed by atoms with Crippen molar-refractivity contribution in [3.8, 4) is 5.75 Å². The number of hydrogen-bond acceptors (Lipinski definition) is 1. The Morgan fingerprint density at radius 2 is 1.56 bits per heavy atom. The first-order chi connectivity index (χ1) is 7.74. The molecule has 1 N–H and O–H groups in total. The molecule has 0 bridgehead atoms. The first kappa shape index (κ1) is 10.8. The predicted molar refractivity (Wildman–Crippen MR) is 68.5 cm³/mol. The van der Waals surface area contributed by atoms with Gasteiger partial charge in [-0.1, -0.05) is 48.0 Å². The smallest absolute Gasteiger partial charge is 0.115 e. The first-order valence-electron chi connectivity index (χ1n) is 4.97. The molecule has 0 saturated heterocycles. The van der Waals surface area contributed by atoms with Crippen LogP contribution in [0, 0.1) is 0 Å². The minimum Gasteiger partial charge on any atom is -0.508 e. The molecule has 0 radical (unpaired) electrons. The number of aromatic hydroxyl groups is 1. The van der Waals surface area contributed by atoms with Crippen molar-refractivity contribution in [1.29, 1.82) is 0 Å². The van der Waals surface area contributed by atoms with Crippen LogP contribution in [0.25, 0.3) is 12.2 Å². The monoisotopic (exact) mass is 230 g/mol. The molecule has 0 saturated carbocycles. The highest BCUT2D eigenvalue weighted by Gasteiger charge is 1.90. The molecular formula is C14H11ClO. The van der Waals surface area contributed by atoms with Crippen molar-refractivity contribution in [3.05, 3.63) is 64.7 Å². The summed E-state index contributed by atoms with van der Waals surface area (Å²) in [6.45, 7) is 0. The molecule has 2 rings (SSSR count). The van der Waals surface area contributed by atoms with Crippen molar-refractivity contribution in [2.75, 3.05) is 0 Å². The molecule has 2 aromatic carbocycles. The van der Waals surface area contributed by atoms with E-state index in [1.54, 1.807) is 12.1 Å². The lowest BCUT2D eigenvalue weighted by atomic mass is 10.1. The minimum atomic E-state index is 0.278. The maximum Gasteiger partial charge on any atom is 0.115 e. The van der Waals surface area contributed by atoms with Crippen molar-refractivity contribution in [2.24, 2.45) is 0 Å². The number of phenols is 1. The van der Waals surface area contributed by atoms with Crippen molar-refractivity contribution < 1.29 is 5.11 Å². The van der Waals surface area contributed by atoms with E-state index in [4.69, 9.17) is 16.7 Å². The second kappa shape index (κ2) is 4.86. The Hall–Kier alpha value is -1.73. The average molecular weight is 231 g/mol. The fraction of sp³-hybridized carbons (Fsp3) is 0. The van der Waals surface area contributed by atoms with Gasteiger partial charge in [-0.05, 0) is 35.4 Å². The van der Waals surface area contributed by atoms with Crippen LogP contribution in [0.2, 0.25) is 5.02 Å². The molecule has 0 spiro atoms. The van der Waals surface area contributed by atoms with Crippen LogP contribution in [-0.2, 0) is 0 Å². The highest BCUT2D eigenvalue weighted by molar-refractivity contribution is 6.30. The Morgan fingerprint density at radius 3 is 2.25 bits per heavy atom. The van der Waals surface area contributed by atoms with E-state index >= 15 is 0 Å². The van der Waals surface area contributed by atoms with E-state index < -0.39 is 0 Å². The van der Waals surface area contributed by atoms with E-state index in [9.17, 15) is 0 Å². The van der Waals surface area contributed by atoms with E-state index in [0.717, 1.165) is 16.1 Å². The number of rotatable bonds is 2. The highest BCUT2D eigenvalue weighted by atomic mass is 35.5. The maximum absolute atomic E-state index is 9.14. The van der Waals surface area contributed by atoms with Gasteiger partial charge in [0.1, 0.15) is 5.75 Å². The molecule has 0 atom stereocenters. The molecule has 0 aliphatic heterocycles. The lowest BCUT2D eigenvalue weighted by Gasteiger charge is -1.96. The van der Waals surface area contributed by atoms with Crippen LogP contribution in [0.5, 0.6) is 5.75 Å². The lowest BCUT2D eigenvalue weighted by Crippen LogP contribution is -1.73. The summed E-state index contributed by atoms with van der Waals surface area (Å²) in [4.78, 5) is 0. The van der Waals surface area contributed by atoms with Gasteiger partial charge in [0.05, 0.1) is 0 Å². The van der Waals surface area contributed by atoms with Crippen molar-refractivity contribution in [1.82, 2.24) is 0 Å². The summed E-state index contributed by atoms with van der Waals surface area (Å²) in [5.74, 6) is 0.278. The second-order valence-corrected chi connectivity index (χ2v) is 3.92. The summed E-state index contributed by atoms with van der Waals surface area (Å²) in [5.41, 5.74) is 2.10. The summed E-state index contributed by atoms with van der Waals surface area (Å²) >= 11 is 5.88. The standard InChI is InChI=1S/C14H11ClO/c15-13-3-1-2-12(10-13)5-4-11-6-8-14(16)9-7-11/h1-10,16H/b5-4+. The lowest BCUT2D eigenvalue weighted by molar-refractivity contribution is 0.475. The number of hydrogen-bond donors (Lipinski definition) is 1. The van der Waals surface area contributed by atoms with Crippen LogP contribution >= 0.6 is 11.6 Å². The molecule has 0 aromatic heterocycles. The molecule has 0 unspecified atom stereocenters. The first-order valence-corrected chi connectivity index (χ1v) is 5.34. The molecule has 0 aliphatic rings. The Kier molecular flexibility index (Phi) is 3.28. The van der Waals surface area contributed by atoms with Gasteiger partial charge in [0.25, 0.3) is 0 Å². The number of phenolic OH excluding ortho intramolecular Hbond substituents is 1. The predicted octanol–water partition coefficient (Wildman–Crippen LogP) is 4.22. The van der Waals surface area contributed by atoms with Crippen LogP contribution in [0.3, 0.4) is 0 Å². The van der Waals surface area contributed by atoms with Crippen LogP contribution in [0.1, 0.15) is 11.1 Å². The van der Waals surface area contributed by atoms with Gasteiger partial charge in [-0.3, -0.25) is 0 Å². The topological polar surface area (TPSA) is 20.2 Å². The number of halogens is 1. The summed E-state index contributed by atoms with van der Waals surface area (Å²) in [6, 6.07) is 14.7. The zero-order valence-corrected chi connectivity index (χ0v) is 9.35. The van der Waals surface area contributed by atoms with Gasteiger partial charge in [0.2, 0.25) is 0 Å². The van der Waals surface area contributed by atoms with Crippen LogP contribution < -0.4 is 0 Å². The van der Waals surface area contributed by atoms with Crippen molar-refractivity contribution in [3.63, 3.8) is 0 Å². The molecule has 0 heterocycles. The third-order valence-electron chi connectivity index (χ3n) is 2.21. The van der Waals surface area contributed by atoms with Crippen LogP contribution in [-0.4, -0.2) is 5.11 Å². The SMILES string of the molecule is Oc1ccc(/C=C/c2cccc(Cl)c2)cc1. The van der Waals surface area contributed by atoms with Crippen molar-refractivity contribution >= 4 is 23.8 Å². The fourth-order valence-corrected chi connectivity index (χ4v) is 1.59. The van der Waals surface area contributed by atoms with Gasteiger partial charge in [-0.2, -0.15) is 0 Å². The zero-order chi connectivity index (χ0) is 11.4. The van der Waals surface area contributed by atoms with Gasteiger partial charge in [-0.15, -0.1) is 0 Å². The Labute approximate surface area is 99.6 Å². The molecule has 2 aromatic rings. The average Bonchev–Trinajstić information content (AvgIpc) is 2.28. The quantitative estimate of drug-likeness (QED) is 0.766. The summed E-state index contributed by atoms with van der Waals surface area (Å²) in [6.07, 6.45) is 3.96. The Morgan fingerprint density at radius 1 is 0.875 bits per heavy atom. The van der Waals surface area contributed by atoms with E-state index in [-0.39, 0.29) is 5.75 Å². The molecule has 2 heteroatoms. The largest absolute Gasteiger partial charge is 0.508 e. The van der Waals surface area contributed by atoms with Gasteiger partial charge >= 0.3 is 0 Å². The highest BCUT2D eigenvalue weighted by Crippen LogP contribution is 2.15. The van der Waals surface area contributed by atoms with Gasteiger partial charge in [0, 0.05) is 5.02 Å². The Bertz CT molecular complexity index is 500. The van der Waals surface area contributed by atoms with E-state index in [1.807, 2.05) is 48.6 Å². The summed E-state index contributed by atoms with van der Waals surface area (Å²) in [7, 11) is 0. The molecule has 16 heavy (non-hydrogen) atoms. The van der Waals surface area contributed by atoms with Gasteiger partial charge < -0.3 is 5.11 Å². The summed E-state index contributed by atoms with van der Waals surface area (Å²) < 4.78 is 0. The van der Waals surface area contributed by atoms with Gasteiger partial charge in [0.15, 0.2) is 0 Å². The number of benzene rings is 2. The van der Waals surface area contributed by atoms with Crippen LogP contribution in [0.4, 0.5) is 0 Å². The minimum absolute atomic E-state index is 0.278. The molecule has 0 aliphatic carbocycles.